The summed E-state index contributed by atoms with van der Waals surface area (Å²) in [6.45, 7) is 5.46. The molecule has 0 saturated heterocycles. The summed E-state index contributed by atoms with van der Waals surface area (Å²) in [5.41, 5.74) is 0.830. The van der Waals surface area contributed by atoms with E-state index in [1.807, 2.05) is 20.8 Å². The van der Waals surface area contributed by atoms with Gasteiger partial charge in [-0.1, -0.05) is 26.0 Å². The summed E-state index contributed by atoms with van der Waals surface area (Å²) >= 11 is 0. The van der Waals surface area contributed by atoms with Gasteiger partial charge in [-0.3, -0.25) is 4.79 Å². The summed E-state index contributed by atoms with van der Waals surface area (Å²) in [5, 5.41) is 7.84. The number of sulfonamides is 1. The topological polar surface area (TPSA) is 89.3 Å². The van der Waals surface area contributed by atoms with Crippen LogP contribution in [0.4, 0.5) is 0 Å². The molecule has 1 rings (SSSR count). The second kappa shape index (κ2) is 5.49. The number of hydrogen-bond donors (Lipinski definition) is 2. The first-order chi connectivity index (χ1) is 8.21. The second-order valence-corrected chi connectivity index (χ2v) is 6.06. The Kier molecular flexibility index (Phi) is 4.48. The van der Waals surface area contributed by atoms with Crippen LogP contribution in [0.25, 0.3) is 0 Å². The Labute approximate surface area is 107 Å². The summed E-state index contributed by atoms with van der Waals surface area (Å²) in [6.07, 6.45) is 0. The van der Waals surface area contributed by atoms with Gasteiger partial charge in [0.2, 0.25) is 15.9 Å². The zero-order valence-electron chi connectivity index (χ0n) is 10.7. The van der Waals surface area contributed by atoms with Gasteiger partial charge in [-0.2, -0.15) is 0 Å². The van der Waals surface area contributed by atoms with E-state index in [0.29, 0.717) is 0 Å². The zero-order chi connectivity index (χ0) is 13.9. The predicted molar refractivity (Wildman–Crippen MR) is 69.2 cm³/mol. The minimum Gasteiger partial charge on any atom is -0.349 e. The van der Waals surface area contributed by atoms with Crippen molar-refractivity contribution in [1.82, 2.24) is 5.32 Å². The highest BCUT2D eigenvalue weighted by Gasteiger charge is 2.13. The SMILES string of the molecule is CC(C)C(=O)NC(C)c1ccc(S(N)(=O)=O)cc1. The van der Waals surface area contributed by atoms with Gasteiger partial charge in [0, 0.05) is 5.92 Å². The summed E-state index contributed by atoms with van der Waals surface area (Å²) in [4.78, 5) is 11.6. The number of amides is 1. The van der Waals surface area contributed by atoms with Gasteiger partial charge < -0.3 is 5.32 Å². The van der Waals surface area contributed by atoms with E-state index >= 15 is 0 Å². The van der Waals surface area contributed by atoms with Crippen LogP contribution in [-0.2, 0) is 14.8 Å². The lowest BCUT2D eigenvalue weighted by molar-refractivity contribution is -0.124. The number of primary sulfonamides is 1. The minimum atomic E-state index is -3.67. The molecule has 0 aromatic heterocycles. The van der Waals surface area contributed by atoms with Crippen molar-refractivity contribution in [2.75, 3.05) is 0 Å². The van der Waals surface area contributed by atoms with Crippen molar-refractivity contribution in [3.05, 3.63) is 29.8 Å². The number of rotatable bonds is 4. The number of nitrogens with two attached hydrogens (primary N) is 1. The highest BCUT2D eigenvalue weighted by atomic mass is 32.2. The van der Waals surface area contributed by atoms with Crippen LogP contribution in [0, 0.1) is 5.92 Å². The van der Waals surface area contributed by atoms with Gasteiger partial charge in [-0.15, -0.1) is 0 Å². The molecule has 1 aromatic carbocycles. The molecule has 0 aliphatic carbocycles. The van der Waals surface area contributed by atoms with Crippen LogP contribution in [0.15, 0.2) is 29.2 Å². The molecule has 0 bridgehead atoms. The van der Waals surface area contributed by atoms with Gasteiger partial charge >= 0.3 is 0 Å². The molecule has 0 radical (unpaired) electrons. The number of nitrogens with one attached hydrogen (secondary N) is 1. The molecule has 0 saturated carbocycles. The van der Waals surface area contributed by atoms with Crippen LogP contribution in [-0.4, -0.2) is 14.3 Å². The van der Waals surface area contributed by atoms with E-state index in [1.54, 1.807) is 12.1 Å². The van der Waals surface area contributed by atoms with Crippen molar-refractivity contribution in [3.63, 3.8) is 0 Å². The number of benzene rings is 1. The number of carbonyl (C=O) groups is 1. The third-order valence-electron chi connectivity index (χ3n) is 2.59. The van der Waals surface area contributed by atoms with Gasteiger partial charge in [0.25, 0.3) is 0 Å². The molecule has 1 amide bonds. The fourth-order valence-corrected chi connectivity index (χ4v) is 1.93. The van der Waals surface area contributed by atoms with Gasteiger partial charge in [0.15, 0.2) is 0 Å². The van der Waals surface area contributed by atoms with Crippen molar-refractivity contribution < 1.29 is 13.2 Å². The molecule has 100 valence electrons. The van der Waals surface area contributed by atoms with Crippen LogP contribution in [0.3, 0.4) is 0 Å². The monoisotopic (exact) mass is 270 g/mol. The first-order valence-electron chi connectivity index (χ1n) is 5.65. The van der Waals surface area contributed by atoms with Crippen molar-refractivity contribution in [3.8, 4) is 0 Å². The van der Waals surface area contributed by atoms with Crippen LogP contribution in [0.1, 0.15) is 32.4 Å². The average Bonchev–Trinajstić information content (AvgIpc) is 2.27. The fraction of sp³-hybridized carbons (Fsp3) is 0.417. The first kappa shape index (κ1) is 14.7. The Morgan fingerprint density at radius 2 is 1.67 bits per heavy atom. The number of carbonyl (C=O) groups excluding carboxylic acids is 1. The molecule has 0 spiro atoms. The summed E-state index contributed by atoms with van der Waals surface area (Å²) in [5.74, 6) is -0.130. The molecule has 1 unspecified atom stereocenters. The first-order valence-corrected chi connectivity index (χ1v) is 7.19. The lowest BCUT2D eigenvalue weighted by Gasteiger charge is -2.16. The van der Waals surface area contributed by atoms with E-state index < -0.39 is 10.0 Å². The zero-order valence-corrected chi connectivity index (χ0v) is 11.5. The van der Waals surface area contributed by atoms with Crippen LogP contribution in [0.5, 0.6) is 0 Å². The molecule has 5 nitrogen and oxygen atoms in total. The van der Waals surface area contributed by atoms with Crippen molar-refractivity contribution in [2.45, 2.75) is 31.7 Å². The van der Waals surface area contributed by atoms with Gasteiger partial charge in [-0.05, 0) is 24.6 Å². The lowest BCUT2D eigenvalue weighted by Crippen LogP contribution is -2.30. The van der Waals surface area contributed by atoms with Crippen molar-refractivity contribution >= 4 is 15.9 Å². The predicted octanol–water partition coefficient (Wildman–Crippen LogP) is 1.17. The highest BCUT2D eigenvalue weighted by Crippen LogP contribution is 2.15. The average molecular weight is 270 g/mol. The number of hydrogen-bond acceptors (Lipinski definition) is 3. The molecule has 18 heavy (non-hydrogen) atoms. The Morgan fingerprint density at radius 1 is 1.17 bits per heavy atom. The highest BCUT2D eigenvalue weighted by molar-refractivity contribution is 7.89. The Hall–Kier alpha value is -1.40. The van der Waals surface area contributed by atoms with E-state index in [0.717, 1.165) is 5.56 Å². The summed E-state index contributed by atoms with van der Waals surface area (Å²) < 4.78 is 22.2. The molecular formula is C12H18N2O3S. The lowest BCUT2D eigenvalue weighted by atomic mass is 10.1. The van der Waals surface area contributed by atoms with Gasteiger partial charge in [0.05, 0.1) is 10.9 Å². The second-order valence-electron chi connectivity index (χ2n) is 4.50. The Bertz CT molecular complexity index is 521. The van der Waals surface area contributed by atoms with Gasteiger partial charge in [0.1, 0.15) is 0 Å². The van der Waals surface area contributed by atoms with E-state index in [2.05, 4.69) is 5.32 Å². The smallest absolute Gasteiger partial charge is 0.238 e. The fourth-order valence-electron chi connectivity index (χ4n) is 1.41. The van der Waals surface area contributed by atoms with E-state index in [9.17, 15) is 13.2 Å². The summed E-state index contributed by atoms with van der Waals surface area (Å²) in [7, 11) is -3.67. The molecule has 0 fully saturated rings. The largest absolute Gasteiger partial charge is 0.349 e. The standard InChI is InChI=1S/C12H18N2O3S/c1-8(2)12(15)14-9(3)10-4-6-11(7-5-10)18(13,16)17/h4-9H,1-3H3,(H,14,15)(H2,13,16,17). The maximum Gasteiger partial charge on any atom is 0.238 e. The van der Waals surface area contributed by atoms with Crippen LogP contribution in [0.2, 0.25) is 0 Å². The molecule has 0 heterocycles. The van der Waals surface area contributed by atoms with Crippen molar-refractivity contribution in [2.24, 2.45) is 11.1 Å². The summed E-state index contributed by atoms with van der Waals surface area (Å²) in [6, 6.07) is 5.98. The third kappa shape index (κ3) is 3.82. The molecule has 1 aromatic rings. The Balaban J connectivity index is 2.83. The maximum absolute atomic E-state index is 11.5. The van der Waals surface area contributed by atoms with Crippen LogP contribution < -0.4 is 10.5 Å². The van der Waals surface area contributed by atoms with Crippen molar-refractivity contribution in [1.29, 1.82) is 0 Å². The minimum absolute atomic E-state index is 0.0435. The van der Waals surface area contributed by atoms with E-state index in [-0.39, 0.29) is 22.8 Å². The molecule has 0 aliphatic heterocycles. The van der Waals surface area contributed by atoms with E-state index in [1.165, 1.54) is 12.1 Å². The molecular weight excluding hydrogens is 252 g/mol. The maximum atomic E-state index is 11.5. The molecule has 3 N–H and O–H groups in total. The van der Waals surface area contributed by atoms with E-state index in [4.69, 9.17) is 5.14 Å². The third-order valence-corrected chi connectivity index (χ3v) is 3.52. The molecule has 1 atom stereocenters. The quantitative estimate of drug-likeness (QED) is 0.860. The van der Waals surface area contributed by atoms with Crippen LogP contribution >= 0.6 is 0 Å². The normalized spacial score (nSPS) is 13.4. The molecule has 0 aliphatic rings. The molecule has 6 heteroatoms. The van der Waals surface area contributed by atoms with Gasteiger partial charge in [-0.25, -0.2) is 13.6 Å². The Morgan fingerprint density at radius 3 is 2.06 bits per heavy atom.